The number of hydrogen-bond donors (Lipinski definition) is 0. The van der Waals surface area contributed by atoms with E-state index in [-0.39, 0.29) is 5.41 Å². The molecule has 0 heteroatoms. The Morgan fingerprint density at radius 1 is 0.306 bits per heavy atom. The quantitative estimate of drug-likeness (QED) is 0.184. The fraction of sp³-hybridized carbons (Fsp3) is 0.0612. The van der Waals surface area contributed by atoms with Crippen molar-refractivity contribution in [1.82, 2.24) is 0 Å². The van der Waals surface area contributed by atoms with Crippen LogP contribution < -0.4 is 0 Å². The topological polar surface area (TPSA) is 0 Å². The SMILES string of the molecule is CC1(C)c2cc3ccccc3cc2-c2c1cc(-c1cccc(-c3ccc4cc(-c5ccc6ccccc6c5)ccc4c3)c1)c1ccccc21. The van der Waals surface area contributed by atoms with Gasteiger partial charge in [0.15, 0.2) is 0 Å². The molecule has 0 radical (unpaired) electrons. The van der Waals surface area contributed by atoms with Gasteiger partial charge >= 0.3 is 0 Å². The van der Waals surface area contributed by atoms with Crippen molar-refractivity contribution in [3.63, 3.8) is 0 Å². The van der Waals surface area contributed by atoms with E-state index in [1.54, 1.807) is 0 Å². The zero-order chi connectivity index (χ0) is 32.7. The van der Waals surface area contributed by atoms with Crippen molar-refractivity contribution < 1.29 is 0 Å². The largest absolute Gasteiger partial charge is 0.0616 e. The van der Waals surface area contributed by atoms with E-state index in [0.717, 1.165) is 0 Å². The predicted molar refractivity (Wildman–Crippen MR) is 210 cm³/mol. The summed E-state index contributed by atoms with van der Waals surface area (Å²) in [7, 11) is 0. The van der Waals surface area contributed by atoms with Gasteiger partial charge in [0.05, 0.1) is 0 Å². The molecule has 0 saturated heterocycles. The smallest absolute Gasteiger partial charge is 0.0159 e. The molecule has 9 aromatic rings. The van der Waals surface area contributed by atoms with Crippen LogP contribution >= 0.6 is 0 Å². The van der Waals surface area contributed by atoms with Gasteiger partial charge in [0, 0.05) is 5.41 Å². The normalized spacial score (nSPS) is 13.3. The highest BCUT2D eigenvalue weighted by molar-refractivity contribution is 6.10. The van der Waals surface area contributed by atoms with Crippen LogP contribution in [0.1, 0.15) is 25.0 Å². The minimum Gasteiger partial charge on any atom is -0.0616 e. The van der Waals surface area contributed by atoms with Crippen LogP contribution in [0.2, 0.25) is 0 Å². The molecule has 230 valence electrons. The maximum atomic E-state index is 2.48. The molecule has 0 nitrogen and oxygen atoms in total. The van der Waals surface area contributed by atoms with E-state index in [1.807, 2.05) is 0 Å². The Hall–Kier alpha value is -5.98. The van der Waals surface area contributed by atoms with E-state index in [4.69, 9.17) is 0 Å². The minimum atomic E-state index is -0.102. The molecule has 0 saturated carbocycles. The van der Waals surface area contributed by atoms with Gasteiger partial charge in [-0.2, -0.15) is 0 Å². The van der Waals surface area contributed by atoms with E-state index in [0.29, 0.717) is 0 Å². The Balaban J connectivity index is 1.07. The Kier molecular flexibility index (Phi) is 6.02. The summed E-state index contributed by atoms with van der Waals surface area (Å²) >= 11 is 0. The summed E-state index contributed by atoms with van der Waals surface area (Å²) in [6, 6.07) is 63.2. The summed E-state index contributed by atoms with van der Waals surface area (Å²) in [4.78, 5) is 0. The fourth-order valence-electron chi connectivity index (χ4n) is 8.35. The lowest BCUT2D eigenvalue weighted by molar-refractivity contribution is 0.662. The molecule has 10 rings (SSSR count). The maximum Gasteiger partial charge on any atom is 0.0159 e. The Bertz CT molecular complexity index is 2800. The zero-order valence-corrected chi connectivity index (χ0v) is 27.7. The van der Waals surface area contributed by atoms with Crippen LogP contribution in [0.3, 0.4) is 0 Å². The van der Waals surface area contributed by atoms with Gasteiger partial charge in [0.1, 0.15) is 0 Å². The molecule has 0 fully saturated rings. The monoisotopic (exact) mass is 622 g/mol. The molecule has 0 unspecified atom stereocenters. The minimum absolute atomic E-state index is 0.102. The third-order valence-corrected chi connectivity index (χ3v) is 11.0. The lowest BCUT2D eigenvalue weighted by atomic mass is 9.80. The third kappa shape index (κ3) is 4.38. The lowest BCUT2D eigenvalue weighted by Gasteiger charge is -2.23. The standard InChI is InChI=1S/C49H34/c1-49(2)46-29-35-13-6-5-12-34(35)28-45(46)48-43-17-8-7-16-42(43)44(30-47(48)49)41-15-9-14-33(27-41)36-20-21-40-26-39(23-22-38(40)25-36)37-19-18-31-10-3-4-11-32(31)24-37/h3-30H,1-2H3. The van der Waals surface area contributed by atoms with Crippen molar-refractivity contribution in [3.05, 3.63) is 181 Å². The van der Waals surface area contributed by atoms with Crippen LogP contribution in [0.4, 0.5) is 0 Å². The molecule has 0 spiro atoms. The second-order valence-electron chi connectivity index (χ2n) is 14.2. The van der Waals surface area contributed by atoms with E-state index < -0.39 is 0 Å². The Labute approximate surface area is 286 Å². The molecule has 0 N–H and O–H groups in total. The predicted octanol–water partition coefficient (Wildman–Crippen LogP) is 13.6. The van der Waals surface area contributed by atoms with Gasteiger partial charge < -0.3 is 0 Å². The van der Waals surface area contributed by atoms with Gasteiger partial charge in [-0.25, -0.2) is 0 Å². The van der Waals surface area contributed by atoms with Gasteiger partial charge in [-0.1, -0.05) is 141 Å². The highest BCUT2D eigenvalue weighted by atomic mass is 14.4. The molecule has 9 aromatic carbocycles. The van der Waals surface area contributed by atoms with Gasteiger partial charge in [-0.3, -0.25) is 0 Å². The molecule has 0 aromatic heterocycles. The van der Waals surface area contributed by atoms with Crippen LogP contribution in [0.25, 0.3) is 87.6 Å². The van der Waals surface area contributed by atoms with Gasteiger partial charge in [0.25, 0.3) is 0 Å². The van der Waals surface area contributed by atoms with Crippen LogP contribution in [0.15, 0.2) is 170 Å². The molecule has 49 heavy (non-hydrogen) atoms. The molecule has 0 aliphatic heterocycles. The van der Waals surface area contributed by atoms with E-state index >= 15 is 0 Å². The fourth-order valence-corrected chi connectivity index (χ4v) is 8.35. The zero-order valence-electron chi connectivity index (χ0n) is 27.7. The first-order valence-corrected chi connectivity index (χ1v) is 17.2. The van der Waals surface area contributed by atoms with Crippen molar-refractivity contribution in [3.8, 4) is 44.5 Å². The maximum absolute atomic E-state index is 2.48. The van der Waals surface area contributed by atoms with Crippen molar-refractivity contribution in [2.24, 2.45) is 0 Å². The molecule has 0 bridgehead atoms. The van der Waals surface area contributed by atoms with Gasteiger partial charge in [-0.15, -0.1) is 0 Å². The van der Waals surface area contributed by atoms with Crippen LogP contribution in [-0.2, 0) is 5.41 Å². The van der Waals surface area contributed by atoms with E-state index in [1.165, 1.54) is 98.7 Å². The number of fused-ring (bicyclic) bond motifs is 8. The van der Waals surface area contributed by atoms with Gasteiger partial charge in [0.2, 0.25) is 0 Å². The second-order valence-corrected chi connectivity index (χ2v) is 14.2. The van der Waals surface area contributed by atoms with Crippen LogP contribution in [-0.4, -0.2) is 0 Å². The summed E-state index contributed by atoms with van der Waals surface area (Å²) in [6.07, 6.45) is 0. The van der Waals surface area contributed by atoms with Crippen molar-refractivity contribution in [1.29, 1.82) is 0 Å². The first kappa shape index (κ1) is 28.1. The van der Waals surface area contributed by atoms with E-state index in [2.05, 4.69) is 184 Å². The first-order valence-electron chi connectivity index (χ1n) is 17.2. The Morgan fingerprint density at radius 2 is 0.796 bits per heavy atom. The van der Waals surface area contributed by atoms with Crippen molar-refractivity contribution in [2.45, 2.75) is 19.3 Å². The molecular weight excluding hydrogens is 589 g/mol. The van der Waals surface area contributed by atoms with Crippen LogP contribution in [0, 0.1) is 0 Å². The molecule has 0 amide bonds. The second kappa shape index (κ2) is 10.5. The van der Waals surface area contributed by atoms with E-state index in [9.17, 15) is 0 Å². The summed E-state index contributed by atoms with van der Waals surface area (Å²) in [5, 5.41) is 10.3. The average molecular weight is 623 g/mol. The number of rotatable bonds is 3. The van der Waals surface area contributed by atoms with Crippen LogP contribution in [0.5, 0.6) is 0 Å². The van der Waals surface area contributed by atoms with Crippen molar-refractivity contribution >= 4 is 43.1 Å². The third-order valence-electron chi connectivity index (χ3n) is 11.0. The molecular formula is C49H34. The number of hydrogen-bond acceptors (Lipinski definition) is 0. The summed E-state index contributed by atoms with van der Waals surface area (Å²) in [5.74, 6) is 0. The summed E-state index contributed by atoms with van der Waals surface area (Å²) < 4.78 is 0. The average Bonchev–Trinajstić information content (AvgIpc) is 3.38. The number of benzene rings is 9. The molecule has 1 aliphatic rings. The summed E-state index contributed by atoms with van der Waals surface area (Å²) in [6.45, 7) is 4.78. The summed E-state index contributed by atoms with van der Waals surface area (Å²) in [5.41, 5.74) is 13.0. The Morgan fingerprint density at radius 3 is 1.47 bits per heavy atom. The lowest BCUT2D eigenvalue weighted by Crippen LogP contribution is -2.15. The first-order chi connectivity index (χ1) is 24.0. The molecule has 1 aliphatic carbocycles. The highest BCUT2D eigenvalue weighted by Gasteiger charge is 2.37. The molecule has 0 atom stereocenters. The van der Waals surface area contributed by atoms with Gasteiger partial charge in [-0.05, 0) is 141 Å². The van der Waals surface area contributed by atoms with Crippen molar-refractivity contribution in [2.75, 3.05) is 0 Å². The molecule has 0 heterocycles. The highest BCUT2D eigenvalue weighted by Crippen LogP contribution is 2.54.